The Bertz CT molecular complexity index is 395. The number of hydrogen-bond acceptors (Lipinski definition) is 4. The topological polar surface area (TPSA) is 55.8 Å². The molecule has 1 heterocycles. The SMILES string of the molecule is O=C(OO)C1=CCc2ccccc2O1. The van der Waals surface area contributed by atoms with Gasteiger partial charge in [0.2, 0.25) is 5.76 Å². The molecular weight excluding hydrogens is 184 g/mol. The molecule has 2 rings (SSSR count). The molecule has 1 aliphatic rings. The molecule has 1 aromatic carbocycles. The summed E-state index contributed by atoms with van der Waals surface area (Å²) in [5, 5.41) is 8.16. The average molecular weight is 192 g/mol. The van der Waals surface area contributed by atoms with Crippen LogP contribution in [0.2, 0.25) is 0 Å². The van der Waals surface area contributed by atoms with Crippen LogP contribution in [0.4, 0.5) is 0 Å². The number of hydrogen-bond donors (Lipinski definition) is 1. The number of rotatable bonds is 1. The Balaban J connectivity index is 2.25. The van der Waals surface area contributed by atoms with Crippen molar-refractivity contribution in [2.24, 2.45) is 0 Å². The lowest BCUT2D eigenvalue weighted by atomic mass is 10.1. The van der Waals surface area contributed by atoms with Crippen LogP contribution < -0.4 is 4.74 Å². The molecule has 0 unspecified atom stereocenters. The molecule has 1 aliphatic heterocycles. The standard InChI is InChI=1S/C10H8O4/c11-10(14-12)9-6-5-7-3-1-2-4-8(7)13-9/h1-4,6,12H,5H2. The van der Waals surface area contributed by atoms with Crippen molar-refractivity contribution >= 4 is 5.97 Å². The first kappa shape index (κ1) is 8.77. The van der Waals surface area contributed by atoms with Gasteiger partial charge in [0.25, 0.3) is 0 Å². The van der Waals surface area contributed by atoms with Crippen LogP contribution in [0.15, 0.2) is 36.1 Å². The summed E-state index contributed by atoms with van der Waals surface area (Å²) >= 11 is 0. The van der Waals surface area contributed by atoms with Gasteiger partial charge >= 0.3 is 5.97 Å². The van der Waals surface area contributed by atoms with Crippen LogP contribution in [0.5, 0.6) is 5.75 Å². The third-order valence-corrected chi connectivity index (χ3v) is 1.98. The fraction of sp³-hybridized carbons (Fsp3) is 0.100. The Morgan fingerprint density at radius 2 is 2.21 bits per heavy atom. The van der Waals surface area contributed by atoms with Crippen LogP contribution in [-0.4, -0.2) is 11.2 Å². The van der Waals surface area contributed by atoms with Crippen LogP contribution >= 0.6 is 0 Å². The second-order valence-corrected chi connectivity index (χ2v) is 2.86. The molecule has 0 saturated carbocycles. The maximum absolute atomic E-state index is 10.9. The number of carbonyl (C=O) groups excluding carboxylic acids is 1. The van der Waals surface area contributed by atoms with Gasteiger partial charge in [0, 0.05) is 0 Å². The number of allylic oxidation sites excluding steroid dienone is 1. The van der Waals surface area contributed by atoms with Crippen molar-refractivity contribution in [1.29, 1.82) is 0 Å². The van der Waals surface area contributed by atoms with Crippen molar-refractivity contribution in [3.05, 3.63) is 41.7 Å². The Labute approximate surface area is 80.3 Å². The fourth-order valence-corrected chi connectivity index (χ4v) is 1.30. The van der Waals surface area contributed by atoms with E-state index in [4.69, 9.17) is 9.99 Å². The molecule has 0 aromatic heterocycles. The van der Waals surface area contributed by atoms with Gasteiger partial charge in [-0.15, -0.1) is 0 Å². The van der Waals surface area contributed by atoms with Gasteiger partial charge in [-0.25, -0.2) is 4.79 Å². The van der Waals surface area contributed by atoms with Crippen LogP contribution in [0, 0.1) is 0 Å². The summed E-state index contributed by atoms with van der Waals surface area (Å²) in [5.74, 6) is -0.235. The highest BCUT2D eigenvalue weighted by Crippen LogP contribution is 2.25. The maximum Gasteiger partial charge on any atom is 0.407 e. The van der Waals surface area contributed by atoms with Gasteiger partial charge in [0.05, 0.1) is 0 Å². The van der Waals surface area contributed by atoms with Gasteiger partial charge in [-0.05, 0) is 24.1 Å². The van der Waals surface area contributed by atoms with E-state index in [1.807, 2.05) is 18.2 Å². The van der Waals surface area contributed by atoms with Crippen molar-refractivity contribution in [2.45, 2.75) is 6.42 Å². The molecule has 0 spiro atoms. The van der Waals surface area contributed by atoms with Gasteiger partial charge in [0.1, 0.15) is 5.75 Å². The molecule has 0 amide bonds. The van der Waals surface area contributed by atoms with E-state index in [1.165, 1.54) is 0 Å². The zero-order valence-corrected chi connectivity index (χ0v) is 7.27. The average Bonchev–Trinajstić information content (AvgIpc) is 2.27. The van der Waals surface area contributed by atoms with E-state index in [2.05, 4.69) is 4.89 Å². The highest BCUT2D eigenvalue weighted by molar-refractivity contribution is 5.86. The zero-order chi connectivity index (χ0) is 9.97. The second kappa shape index (κ2) is 3.51. The van der Waals surface area contributed by atoms with E-state index < -0.39 is 5.97 Å². The van der Waals surface area contributed by atoms with Crippen LogP contribution in [0.1, 0.15) is 5.56 Å². The van der Waals surface area contributed by atoms with Crippen LogP contribution in [-0.2, 0) is 16.1 Å². The Morgan fingerprint density at radius 1 is 1.43 bits per heavy atom. The summed E-state index contributed by atoms with van der Waals surface area (Å²) in [6.45, 7) is 0. The van der Waals surface area contributed by atoms with Crippen LogP contribution in [0.25, 0.3) is 0 Å². The highest BCUT2D eigenvalue weighted by atomic mass is 17.1. The highest BCUT2D eigenvalue weighted by Gasteiger charge is 2.19. The molecule has 0 fully saturated rings. The quantitative estimate of drug-likeness (QED) is 0.541. The Kier molecular flexibility index (Phi) is 2.20. The molecular formula is C10H8O4. The molecule has 0 bridgehead atoms. The van der Waals surface area contributed by atoms with Crippen molar-refractivity contribution in [3.8, 4) is 5.75 Å². The van der Waals surface area contributed by atoms with Gasteiger partial charge in [-0.3, -0.25) is 4.89 Å². The zero-order valence-electron chi connectivity index (χ0n) is 7.27. The molecule has 0 aliphatic carbocycles. The fourth-order valence-electron chi connectivity index (χ4n) is 1.30. The van der Waals surface area contributed by atoms with E-state index in [0.717, 1.165) is 5.56 Å². The number of benzene rings is 1. The third kappa shape index (κ3) is 1.47. The lowest BCUT2D eigenvalue weighted by Crippen LogP contribution is -2.14. The maximum atomic E-state index is 10.9. The normalized spacial score (nSPS) is 13.6. The van der Waals surface area contributed by atoms with E-state index in [0.29, 0.717) is 12.2 Å². The Morgan fingerprint density at radius 3 is 3.00 bits per heavy atom. The third-order valence-electron chi connectivity index (χ3n) is 1.98. The van der Waals surface area contributed by atoms with E-state index >= 15 is 0 Å². The minimum atomic E-state index is -0.875. The van der Waals surface area contributed by atoms with Gasteiger partial charge in [0.15, 0.2) is 0 Å². The smallest absolute Gasteiger partial charge is 0.407 e. The summed E-state index contributed by atoms with van der Waals surface area (Å²) in [6, 6.07) is 7.37. The number of carbonyl (C=O) groups is 1. The molecule has 14 heavy (non-hydrogen) atoms. The first-order chi connectivity index (χ1) is 6.81. The minimum Gasteiger partial charge on any atom is -0.450 e. The van der Waals surface area contributed by atoms with E-state index in [-0.39, 0.29) is 5.76 Å². The lowest BCUT2D eigenvalue weighted by molar-refractivity contribution is -0.231. The molecule has 4 heteroatoms. The summed E-state index contributed by atoms with van der Waals surface area (Å²) in [6.07, 6.45) is 2.17. The first-order valence-corrected chi connectivity index (χ1v) is 4.13. The molecule has 72 valence electrons. The van der Waals surface area contributed by atoms with Crippen molar-refractivity contribution in [1.82, 2.24) is 0 Å². The summed E-state index contributed by atoms with van der Waals surface area (Å²) in [5.41, 5.74) is 1.00. The molecule has 1 N–H and O–H groups in total. The molecule has 0 saturated heterocycles. The van der Waals surface area contributed by atoms with Crippen LogP contribution in [0.3, 0.4) is 0 Å². The molecule has 0 atom stereocenters. The predicted molar refractivity (Wildman–Crippen MR) is 47.6 cm³/mol. The van der Waals surface area contributed by atoms with E-state index in [1.54, 1.807) is 12.1 Å². The van der Waals surface area contributed by atoms with Crippen molar-refractivity contribution < 1.29 is 19.7 Å². The lowest BCUT2D eigenvalue weighted by Gasteiger charge is -2.15. The van der Waals surface area contributed by atoms with Crippen molar-refractivity contribution in [2.75, 3.05) is 0 Å². The summed E-state index contributed by atoms with van der Waals surface area (Å²) in [4.78, 5) is 14.5. The molecule has 0 radical (unpaired) electrons. The first-order valence-electron chi connectivity index (χ1n) is 4.13. The summed E-state index contributed by atoms with van der Waals surface area (Å²) in [7, 11) is 0. The molecule has 1 aromatic rings. The Hall–Kier alpha value is -1.81. The molecule has 4 nitrogen and oxygen atoms in total. The number of fused-ring (bicyclic) bond motifs is 1. The number of ether oxygens (including phenoxy) is 1. The van der Waals surface area contributed by atoms with Gasteiger partial charge < -0.3 is 4.74 Å². The predicted octanol–water partition coefficient (Wildman–Crippen LogP) is 1.52. The second-order valence-electron chi connectivity index (χ2n) is 2.86. The van der Waals surface area contributed by atoms with E-state index in [9.17, 15) is 4.79 Å². The number of para-hydroxylation sites is 1. The van der Waals surface area contributed by atoms with Gasteiger partial charge in [-0.1, -0.05) is 18.2 Å². The summed E-state index contributed by atoms with van der Waals surface area (Å²) < 4.78 is 5.21. The minimum absolute atomic E-state index is 0.0196. The monoisotopic (exact) mass is 192 g/mol. The largest absolute Gasteiger partial charge is 0.450 e. The van der Waals surface area contributed by atoms with Crippen molar-refractivity contribution in [3.63, 3.8) is 0 Å². The van der Waals surface area contributed by atoms with Gasteiger partial charge in [-0.2, -0.15) is 5.26 Å².